The Kier molecular flexibility index (Phi) is 8.29. The minimum absolute atomic E-state index is 0.0388. The molecule has 0 radical (unpaired) electrons. The summed E-state index contributed by atoms with van der Waals surface area (Å²) < 4.78 is 0. The normalized spacial score (nSPS) is 20.0. The molecule has 0 spiro atoms. The number of hydrogen-bond acceptors (Lipinski definition) is 5. The summed E-state index contributed by atoms with van der Waals surface area (Å²) in [5, 5.41) is 13.8. The van der Waals surface area contributed by atoms with E-state index in [2.05, 4.69) is 43.0 Å². The van der Waals surface area contributed by atoms with Crippen LogP contribution in [0.1, 0.15) is 84.9 Å². The quantitative estimate of drug-likeness (QED) is 0.499. The van der Waals surface area contributed by atoms with Gasteiger partial charge in [0.1, 0.15) is 12.1 Å². The number of amides is 1. The molecule has 0 saturated carbocycles. The number of carbonyl (C=O) groups excluding carboxylic acids is 2. The maximum atomic E-state index is 13.3. The number of Topliss-reactive ketones (excluding diaryl/α,β-unsaturated/α-hetero) is 1. The fourth-order valence-corrected chi connectivity index (χ4v) is 4.52. The molecule has 0 aliphatic carbocycles. The van der Waals surface area contributed by atoms with Gasteiger partial charge in [0.25, 0.3) is 0 Å². The van der Waals surface area contributed by atoms with Gasteiger partial charge in [0.05, 0.1) is 17.1 Å². The van der Waals surface area contributed by atoms with E-state index >= 15 is 0 Å². The summed E-state index contributed by atoms with van der Waals surface area (Å²) in [5.74, 6) is 0.428. The van der Waals surface area contributed by atoms with Gasteiger partial charge in [-0.2, -0.15) is 0 Å². The number of rotatable bonds is 10. The number of carbonyl (C=O) groups is 2. The first-order valence-corrected chi connectivity index (χ1v) is 12.2. The number of hydrogen-bond donors (Lipinski definition) is 3. The molecule has 3 N–H and O–H groups in total. The van der Waals surface area contributed by atoms with E-state index in [1.54, 1.807) is 0 Å². The van der Waals surface area contributed by atoms with Gasteiger partial charge >= 0.3 is 0 Å². The molecular formula is C26H40N4O3. The van der Waals surface area contributed by atoms with E-state index in [4.69, 9.17) is 0 Å². The Labute approximate surface area is 197 Å². The Bertz CT molecular complexity index is 915. The highest BCUT2D eigenvalue weighted by Crippen LogP contribution is 2.25. The Balaban J connectivity index is 1.68. The molecule has 1 saturated heterocycles. The average Bonchev–Trinajstić information content (AvgIpc) is 3.37. The molecule has 2 aromatic rings. The number of aliphatic hydroxyl groups is 1. The number of benzene rings is 1. The molecule has 1 aromatic heterocycles. The molecule has 3 rings (SSSR count). The minimum Gasteiger partial charge on any atom is -0.378 e. The smallest absolute Gasteiger partial charge is 0.220 e. The zero-order valence-electron chi connectivity index (χ0n) is 20.7. The molecule has 1 unspecified atom stereocenters. The first-order chi connectivity index (χ1) is 15.5. The predicted octanol–water partition coefficient (Wildman–Crippen LogP) is 4.13. The molecule has 7 heteroatoms. The van der Waals surface area contributed by atoms with E-state index in [1.807, 2.05) is 36.1 Å². The molecule has 7 nitrogen and oxygen atoms in total. The number of likely N-dealkylation sites (tertiary alicyclic amines) is 1. The highest BCUT2D eigenvalue weighted by atomic mass is 16.3. The summed E-state index contributed by atoms with van der Waals surface area (Å²) in [4.78, 5) is 35.9. The Hall–Kier alpha value is -2.25. The third-order valence-electron chi connectivity index (χ3n) is 6.64. The molecule has 1 aliphatic heterocycles. The minimum atomic E-state index is -0.749. The fourth-order valence-electron chi connectivity index (χ4n) is 4.52. The molecule has 0 bridgehead atoms. The van der Waals surface area contributed by atoms with Crippen LogP contribution in [0.15, 0.2) is 24.3 Å². The lowest BCUT2D eigenvalue weighted by molar-refractivity contribution is -0.130. The first-order valence-electron chi connectivity index (χ1n) is 12.2. The van der Waals surface area contributed by atoms with Crippen LogP contribution in [0, 0.1) is 5.41 Å². The molecule has 1 amide bonds. The van der Waals surface area contributed by atoms with Crippen LogP contribution in [0.5, 0.6) is 0 Å². The SMILES string of the molecule is C[C@H](CC(=O)[C@H](CC(O)N1CCC[C@@H]1C)NC(=O)CCC(C)(C)C)c1nc2ccccc2[nH]1. The number of H-pyrrole nitrogens is 1. The van der Waals surface area contributed by atoms with E-state index < -0.39 is 12.3 Å². The molecule has 4 atom stereocenters. The summed E-state index contributed by atoms with van der Waals surface area (Å²) >= 11 is 0. The van der Waals surface area contributed by atoms with Crippen molar-refractivity contribution in [2.24, 2.45) is 5.41 Å². The van der Waals surface area contributed by atoms with Crippen LogP contribution in [0.2, 0.25) is 0 Å². The van der Waals surface area contributed by atoms with Crippen molar-refractivity contribution < 1.29 is 14.7 Å². The Morgan fingerprint density at radius 1 is 1.30 bits per heavy atom. The van der Waals surface area contributed by atoms with Gasteiger partial charge in [-0.15, -0.1) is 0 Å². The molecular weight excluding hydrogens is 416 g/mol. The second-order valence-electron chi connectivity index (χ2n) is 10.8. The molecule has 2 heterocycles. The van der Waals surface area contributed by atoms with Crippen LogP contribution in [-0.4, -0.2) is 56.5 Å². The maximum absolute atomic E-state index is 13.3. The Morgan fingerprint density at radius 3 is 2.67 bits per heavy atom. The van der Waals surface area contributed by atoms with Gasteiger partial charge in [0, 0.05) is 37.8 Å². The number of aromatic amines is 1. The van der Waals surface area contributed by atoms with Gasteiger partial charge in [-0.25, -0.2) is 4.98 Å². The average molecular weight is 457 g/mol. The number of ketones is 1. The van der Waals surface area contributed by atoms with Crippen LogP contribution in [0.25, 0.3) is 11.0 Å². The van der Waals surface area contributed by atoms with Crippen molar-refractivity contribution in [2.45, 2.75) is 97.4 Å². The number of aliphatic hydroxyl groups excluding tert-OH is 1. The molecule has 33 heavy (non-hydrogen) atoms. The summed E-state index contributed by atoms with van der Waals surface area (Å²) in [6.07, 6.45) is 2.88. The van der Waals surface area contributed by atoms with Crippen LogP contribution in [0.4, 0.5) is 0 Å². The van der Waals surface area contributed by atoms with Gasteiger partial charge in [-0.05, 0) is 43.7 Å². The summed E-state index contributed by atoms with van der Waals surface area (Å²) in [6.45, 7) is 11.2. The Morgan fingerprint density at radius 2 is 2.03 bits per heavy atom. The predicted molar refractivity (Wildman–Crippen MR) is 131 cm³/mol. The topological polar surface area (TPSA) is 98.3 Å². The number of imidazole rings is 1. The third kappa shape index (κ3) is 7.11. The summed E-state index contributed by atoms with van der Waals surface area (Å²) in [5.41, 5.74) is 1.85. The number of aromatic nitrogens is 2. The largest absolute Gasteiger partial charge is 0.378 e. The number of fused-ring (bicyclic) bond motifs is 1. The van der Waals surface area contributed by atoms with Crippen molar-refractivity contribution in [3.63, 3.8) is 0 Å². The lowest BCUT2D eigenvalue weighted by atomic mass is 9.90. The molecule has 182 valence electrons. The van der Waals surface area contributed by atoms with Crippen molar-refractivity contribution in [1.29, 1.82) is 0 Å². The van der Waals surface area contributed by atoms with Gasteiger partial charge in [0.2, 0.25) is 5.91 Å². The van der Waals surface area contributed by atoms with Crippen LogP contribution < -0.4 is 5.32 Å². The van der Waals surface area contributed by atoms with E-state index in [9.17, 15) is 14.7 Å². The lowest BCUT2D eigenvalue weighted by Gasteiger charge is -2.30. The van der Waals surface area contributed by atoms with Gasteiger partial charge < -0.3 is 15.4 Å². The van der Waals surface area contributed by atoms with Crippen molar-refractivity contribution in [3.8, 4) is 0 Å². The first kappa shape index (κ1) is 25.4. The number of para-hydroxylation sites is 2. The van der Waals surface area contributed by atoms with E-state index in [0.29, 0.717) is 6.42 Å². The number of nitrogens with one attached hydrogen (secondary N) is 2. The molecule has 1 fully saturated rings. The van der Waals surface area contributed by atoms with Crippen LogP contribution in [-0.2, 0) is 9.59 Å². The van der Waals surface area contributed by atoms with E-state index in [0.717, 1.165) is 42.7 Å². The standard InChI is InChI=1S/C26H40N4O3/c1-17(25-28-19-10-6-7-11-20(19)29-25)15-22(31)21(27-23(32)12-13-26(3,4)5)16-24(33)30-14-8-9-18(30)2/h6-7,10-11,17-18,21,24,33H,8-9,12-16H2,1-5H3,(H,27,32)(H,28,29)/t17-,18+,21+,24?/m1/s1. The molecule has 1 aliphatic rings. The van der Waals surface area contributed by atoms with Crippen molar-refractivity contribution in [3.05, 3.63) is 30.1 Å². The third-order valence-corrected chi connectivity index (χ3v) is 6.64. The fraction of sp³-hybridized carbons (Fsp3) is 0.654. The monoisotopic (exact) mass is 456 g/mol. The van der Waals surface area contributed by atoms with E-state index in [-0.39, 0.29) is 41.9 Å². The van der Waals surface area contributed by atoms with E-state index in [1.165, 1.54) is 0 Å². The summed E-state index contributed by atoms with van der Waals surface area (Å²) in [7, 11) is 0. The van der Waals surface area contributed by atoms with Crippen LogP contribution >= 0.6 is 0 Å². The van der Waals surface area contributed by atoms with Gasteiger partial charge in [-0.1, -0.05) is 39.8 Å². The van der Waals surface area contributed by atoms with Crippen molar-refractivity contribution in [1.82, 2.24) is 20.2 Å². The number of nitrogens with zero attached hydrogens (tertiary/aromatic N) is 2. The zero-order valence-corrected chi connectivity index (χ0v) is 20.7. The van der Waals surface area contributed by atoms with Gasteiger partial charge in [-0.3, -0.25) is 14.5 Å². The highest BCUT2D eigenvalue weighted by Gasteiger charge is 2.32. The van der Waals surface area contributed by atoms with Crippen molar-refractivity contribution in [2.75, 3.05) is 6.54 Å². The van der Waals surface area contributed by atoms with Crippen LogP contribution in [0.3, 0.4) is 0 Å². The molecule has 1 aromatic carbocycles. The second-order valence-corrected chi connectivity index (χ2v) is 10.8. The zero-order chi connectivity index (χ0) is 24.2. The summed E-state index contributed by atoms with van der Waals surface area (Å²) in [6, 6.07) is 7.35. The maximum Gasteiger partial charge on any atom is 0.220 e. The van der Waals surface area contributed by atoms with Gasteiger partial charge in [0.15, 0.2) is 5.78 Å². The van der Waals surface area contributed by atoms with Crippen molar-refractivity contribution >= 4 is 22.7 Å². The highest BCUT2D eigenvalue weighted by molar-refractivity contribution is 5.89. The second kappa shape index (κ2) is 10.8. The lowest BCUT2D eigenvalue weighted by Crippen LogP contribution is -2.48.